The summed E-state index contributed by atoms with van der Waals surface area (Å²) in [6, 6.07) is 7.54. The number of carbonyl (C=O) groups is 1. The number of benzene rings is 1. The Balaban J connectivity index is 1.64. The molecule has 0 unspecified atom stereocenters. The minimum absolute atomic E-state index is 0.0367. The monoisotopic (exact) mass is 392 g/mol. The summed E-state index contributed by atoms with van der Waals surface area (Å²) in [7, 11) is 1.61. The van der Waals surface area contributed by atoms with Gasteiger partial charge in [0, 0.05) is 25.1 Å². The van der Waals surface area contributed by atoms with Crippen molar-refractivity contribution in [2.24, 2.45) is 0 Å². The maximum atomic E-state index is 12.6. The highest BCUT2D eigenvalue weighted by Gasteiger charge is 2.31. The van der Waals surface area contributed by atoms with Gasteiger partial charge in [0.2, 0.25) is 11.8 Å². The van der Waals surface area contributed by atoms with Gasteiger partial charge in [-0.3, -0.25) is 4.79 Å². The van der Waals surface area contributed by atoms with Crippen molar-refractivity contribution in [3.8, 4) is 0 Å². The maximum Gasteiger partial charge on any atom is 0.249 e. The summed E-state index contributed by atoms with van der Waals surface area (Å²) in [5.41, 5.74) is 1.06. The zero-order chi connectivity index (χ0) is 19.1. The molecule has 0 bridgehead atoms. The Bertz CT molecular complexity index is 749. The number of nitrogens with zero attached hydrogens (tertiary/aromatic N) is 2. The van der Waals surface area contributed by atoms with E-state index >= 15 is 0 Å². The predicted octanol–water partition coefficient (Wildman–Crippen LogP) is 3.64. The van der Waals surface area contributed by atoms with Crippen LogP contribution in [0.3, 0.4) is 0 Å². The van der Waals surface area contributed by atoms with Crippen molar-refractivity contribution in [1.29, 1.82) is 0 Å². The van der Waals surface area contributed by atoms with Crippen LogP contribution in [-0.2, 0) is 20.7 Å². The molecule has 3 rings (SSSR count). The Morgan fingerprint density at radius 3 is 3.07 bits per heavy atom. The lowest BCUT2D eigenvalue weighted by atomic mass is 10.0. The molecule has 1 saturated heterocycles. The number of methoxy groups -OCH3 is 1. The number of hydrogen-bond donors (Lipinski definition) is 0. The van der Waals surface area contributed by atoms with Crippen LogP contribution in [0.1, 0.15) is 42.5 Å². The zero-order valence-corrected chi connectivity index (χ0v) is 16.3. The number of hydrogen-bond acceptors (Lipinski definition) is 5. The van der Waals surface area contributed by atoms with Crippen molar-refractivity contribution < 1.29 is 18.7 Å². The molecule has 1 aliphatic rings. The highest BCUT2D eigenvalue weighted by Crippen LogP contribution is 2.31. The van der Waals surface area contributed by atoms with Gasteiger partial charge in [-0.05, 0) is 37.0 Å². The molecule has 2 aromatic rings. The SMILES string of the molecule is COCCOCC(=O)N1CCCC[C@H]1c1ncc(Cc2cccc(Cl)c2)o1. The highest BCUT2D eigenvalue weighted by molar-refractivity contribution is 6.30. The van der Waals surface area contributed by atoms with E-state index in [1.54, 1.807) is 13.3 Å². The van der Waals surface area contributed by atoms with Crippen molar-refractivity contribution in [3.63, 3.8) is 0 Å². The quantitative estimate of drug-likeness (QED) is 0.642. The van der Waals surface area contributed by atoms with Crippen LogP contribution >= 0.6 is 11.6 Å². The number of oxazole rings is 1. The lowest BCUT2D eigenvalue weighted by Gasteiger charge is -2.33. The van der Waals surface area contributed by atoms with Gasteiger partial charge in [-0.15, -0.1) is 0 Å². The van der Waals surface area contributed by atoms with Gasteiger partial charge in [0.1, 0.15) is 18.4 Å². The van der Waals surface area contributed by atoms with Crippen LogP contribution < -0.4 is 0 Å². The lowest BCUT2D eigenvalue weighted by molar-refractivity contribution is -0.141. The molecular weight excluding hydrogens is 368 g/mol. The Morgan fingerprint density at radius 1 is 1.37 bits per heavy atom. The first-order chi connectivity index (χ1) is 13.2. The van der Waals surface area contributed by atoms with E-state index in [-0.39, 0.29) is 18.6 Å². The lowest BCUT2D eigenvalue weighted by Crippen LogP contribution is -2.40. The molecule has 2 heterocycles. The number of carbonyl (C=O) groups excluding carboxylic acids is 1. The summed E-state index contributed by atoms with van der Waals surface area (Å²) in [5.74, 6) is 1.32. The summed E-state index contributed by atoms with van der Waals surface area (Å²) >= 11 is 6.04. The molecular formula is C20H25ClN2O4. The molecule has 1 aromatic carbocycles. The maximum absolute atomic E-state index is 12.6. The molecule has 1 fully saturated rings. The minimum atomic E-state index is -0.134. The van der Waals surface area contributed by atoms with Crippen LogP contribution in [-0.4, -0.2) is 49.3 Å². The number of likely N-dealkylation sites (tertiary alicyclic amines) is 1. The average Bonchev–Trinajstić information content (AvgIpc) is 3.13. The van der Waals surface area contributed by atoms with Gasteiger partial charge in [-0.1, -0.05) is 23.7 Å². The van der Waals surface area contributed by atoms with Gasteiger partial charge in [0.15, 0.2) is 0 Å². The summed E-state index contributed by atoms with van der Waals surface area (Å²) < 4.78 is 16.3. The molecule has 0 spiro atoms. The second kappa shape index (κ2) is 9.88. The minimum Gasteiger partial charge on any atom is -0.443 e. The molecule has 146 valence electrons. The van der Waals surface area contributed by atoms with E-state index in [9.17, 15) is 4.79 Å². The smallest absolute Gasteiger partial charge is 0.249 e. The van der Waals surface area contributed by atoms with Gasteiger partial charge in [0.25, 0.3) is 0 Å². The van der Waals surface area contributed by atoms with Gasteiger partial charge in [-0.2, -0.15) is 0 Å². The Labute approximate surface area is 164 Å². The first-order valence-corrected chi connectivity index (χ1v) is 9.60. The summed E-state index contributed by atoms with van der Waals surface area (Å²) in [5, 5.41) is 0.699. The molecule has 1 atom stereocenters. The zero-order valence-electron chi connectivity index (χ0n) is 15.5. The topological polar surface area (TPSA) is 64.8 Å². The number of rotatable bonds is 8. The van der Waals surface area contributed by atoms with E-state index in [1.165, 1.54) is 0 Å². The molecule has 0 radical (unpaired) electrons. The standard InChI is InChI=1S/C20H25ClN2O4/c1-25-9-10-26-14-19(24)23-8-3-2-7-18(23)20-22-13-17(27-20)12-15-5-4-6-16(21)11-15/h4-6,11,13,18H,2-3,7-10,12,14H2,1H3/t18-/m0/s1. The number of piperidine rings is 1. The molecule has 0 aliphatic carbocycles. The molecule has 6 nitrogen and oxygen atoms in total. The first-order valence-electron chi connectivity index (χ1n) is 9.22. The third-order valence-electron chi connectivity index (χ3n) is 4.60. The van der Waals surface area contributed by atoms with Crippen LogP contribution in [0.25, 0.3) is 0 Å². The molecule has 7 heteroatoms. The van der Waals surface area contributed by atoms with Crippen LogP contribution in [0.5, 0.6) is 0 Å². The normalized spacial score (nSPS) is 17.3. The fourth-order valence-corrected chi connectivity index (χ4v) is 3.49. The molecule has 27 heavy (non-hydrogen) atoms. The van der Waals surface area contributed by atoms with E-state index in [4.69, 9.17) is 25.5 Å². The second-order valence-corrected chi connectivity index (χ2v) is 7.05. The summed E-state index contributed by atoms with van der Waals surface area (Å²) in [6.07, 6.45) is 5.24. The number of amides is 1. The Morgan fingerprint density at radius 2 is 2.26 bits per heavy atom. The highest BCUT2D eigenvalue weighted by atomic mass is 35.5. The third-order valence-corrected chi connectivity index (χ3v) is 4.84. The van der Waals surface area contributed by atoms with Gasteiger partial charge < -0.3 is 18.8 Å². The molecule has 1 amide bonds. The van der Waals surface area contributed by atoms with E-state index < -0.39 is 0 Å². The Hall–Kier alpha value is -1.89. The van der Waals surface area contributed by atoms with Crippen molar-refractivity contribution in [2.45, 2.75) is 31.7 Å². The third kappa shape index (κ3) is 5.54. The Kier molecular flexibility index (Phi) is 7.26. The van der Waals surface area contributed by atoms with Crippen molar-refractivity contribution in [2.75, 3.05) is 33.5 Å². The molecule has 0 N–H and O–H groups in total. The number of aromatic nitrogens is 1. The van der Waals surface area contributed by atoms with Gasteiger partial charge in [-0.25, -0.2) is 4.98 Å². The first kappa shape index (κ1) is 19.9. The van der Waals surface area contributed by atoms with Crippen LogP contribution in [0.15, 0.2) is 34.9 Å². The van der Waals surface area contributed by atoms with Crippen molar-refractivity contribution in [3.05, 3.63) is 52.7 Å². The van der Waals surface area contributed by atoms with Crippen molar-refractivity contribution >= 4 is 17.5 Å². The fraction of sp³-hybridized carbons (Fsp3) is 0.500. The second-order valence-electron chi connectivity index (χ2n) is 6.62. The molecule has 1 aliphatic heterocycles. The average molecular weight is 393 g/mol. The van der Waals surface area contributed by atoms with Crippen LogP contribution in [0.2, 0.25) is 5.02 Å². The summed E-state index contributed by atoms with van der Waals surface area (Å²) in [6.45, 7) is 1.63. The van der Waals surface area contributed by atoms with E-state index in [1.807, 2.05) is 29.2 Å². The number of halogens is 1. The number of ether oxygens (including phenoxy) is 2. The molecule has 1 aromatic heterocycles. The fourth-order valence-electron chi connectivity index (χ4n) is 3.28. The van der Waals surface area contributed by atoms with Crippen LogP contribution in [0.4, 0.5) is 0 Å². The summed E-state index contributed by atoms with van der Waals surface area (Å²) in [4.78, 5) is 18.8. The van der Waals surface area contributed by atoms with E-state index in [0.29, 0.717) is 37.1 Å². The van der Waals surface area contributed by atoms with Gasteiger partial charge in [0.05, 0.1) is 19.4 Å². The van der Waals surface area contributed by atoms with Crippen LogP contribution in [0, 0.1) is 0 Å². The largest absolute Gasteiger partial charge is 0.443 e. The predicted molar refractivity (Wildman–Crippen MR) is 102 cm³/mol. The van der Waals surface area contributed by atoms with Crippen molar-refractivity contribution in [1.82, 2.24) is 9.88 Å². The van der Waals surface area contributed by atoms with Gasteiger partial charge >= 0.3 is 0 Å². The van der Waals surface area contributed by atoms with E-state index in [2.05, 4.69) is 4.98 Å². The molecule has 0 saturated carbocycles. The van der Waals surface area contributed by atoms with E-state index in [0.717, 1.165) is 30.6 Å².